The fourth-order valence-electron chi connectivity index (χ4n) is 4.07. The highest BCUT2D eigenvalue weighted by atomic mass is 19.4. The van der Waals surface area contributed by atoms with Gasteiger partial charge in [0.05, 0.1) is 23.6 Å². The van der Waals surface area contributed by atoms with Crippen molar-refractivity contribution in [3.63, 3.8) is 0 Å². The number of aryl methyl sites for hydroxylation is 1. The molecular formula is C28H24F3N7O. The number of anilines is 4. The molecule has 11 heteroatoms. The number of halogens is 3. The number of aromatic nitrogens is 3. The molecule has 2 aromatic heterocycles. The Hall–Kier alpha value is -4.80. The summed E-state index contributed by atoms with van der Waals surface area (Å²) in [6.07, 6.45) is 1.91. The topological polar surface area (TPSA) is 95.4 Å². The highest BCUT2D eigenvalue weighted by Gasteiger charge is 2.32. The summed E-state index contributed by atoms with van der Waals surface area (Å²) in [5, 5.41) is 5.74. The Kier molecular flexibility index (Phi) is 6.97. The van der Waals surface area contributed by atoms with E-state index in [4.69, 9.17) is 0 Å². The lowest BCUT2D eigenvalue weighted by atomic mass is 10.1. The van der Waals surface area contributed by atoms with E-state index < -0.39 is 17.6 Å². The second kappa shape index (κ2) is 10.5. The second-order valence-corrected chi connectivity index (χ2v) is 9.15. The molecule has 4 aromatic rings. The second-order valence-electron chi connectivity index (χ2n) is 9.15. The highest BCUT2D eigenvalue weighted by Crippen LogP contribution is 2.35. The Labute approximate surface area is 222 Å². The molecule has 0 aliphatic carbocycles. The maximum atomic E-state index is 13.6. The van der Waals surface area contributed by atoms with Gasteiger partial charge in [0.15, 0.2) is 0 Å². The van der Waals surface area contributed by atoms with Crippen LogP contribution in [0, 0.1) is 6.92 Å². The zero-order valence-electron chi connectivity index (χ0n) is 21.1. The van der Waals surface area contributed by atoms with Gasteiger partial charge in [0, 0.05) is 53.3 Å². The molecule has 1 aliphatic rings. The van der Waals surface area contributed by atoms with E-state index in [1.165, 1.54) is 12.4 Å². The zero-order valence-corrected chi connectivity index (χ0v) is 21.1. The number of nitrogens with zero attached hydrogens (tertiary/aromatic N) is 5. The van der Waals surface area contributed by atoms with Crippen molar-refractivity contribution in [1.82, 2.24) is 15.0 Å². The van der Waals surface area contributed by atoms with Crippen molar-refractivity contribution in [2.75, 3.05) is 22.1 Å². The Morgan fingerprint density at radius 2 is 1.92 bits per heavy atom. The van der Waals surface area contributed by atoms with Gasteiger partial charge in [-0.1, -0.05) is 6.07 Å². The van der Waals surface area contributed by atoms with Crippen LogP contribution >= 0.6 is 0 Å². The predicted molar refractivity (Wildman–Crippen MR) is 144 cm³/mol. The molecule has 0 bridgehead atoms. The average molecular weight is 532 g/mol. The van der Waals surface area contributed by atoms with Crippen molar-refractivity contribution in [3.8, 4) is 11.3 Å². The standard InChI is InChI=1S/C28H24F3N7O/c1-17-5-6-19(10-25(17)37-27-33-9-7-24(36-27)20-4-3-8-32-14-20)26(39)35-22-11-21(28(29,30)31)12-23(13-22)38-15-18(2)34-16-38/h3-14,16,18H,15H2,1-2H3,(H,35,39)(H,33,36,37). The van der Waals surface area contributed by atoms with Gasteiger partial charge >= 0.3 is 6.18 Å². The third kappa shape index (κ3) is 6.03. The quantitative estimate of drug-likeness (QED) is 0.312. The first-order valence-electron chi connectivity index (χ1n) is 12.1. The summed E-state index contributed by atoms with van der Waals surface area (Å²) in [6.45, 7) is 4.17. The van der Waals surface area contributed by atoms with Crippen LogP contribution in [0.1, 0.15) is 28.4 Å². The van der Waals surface area contributed by atoms with Gasteiger partial charge in [0.2, 0.25) is 5.95 Å². The SMILES string of the molecule is Cc1ccc(C(=O)Nc2cc(N3C=NC(C)C3)cc(C(F)(F)F)c2)cc1Nc1nccc(-c2cccnc2)n1. The number of amides is 1. The van der Waals surface area contributed by atoms with Gasteiger partial charge in [0.1, 0.15) is 0 Å². The lowest BCUT2D eigenvalue weighted by Crippen LogP contribution is -2.22. The maximum absolute atomic E-state index is 13.6. The third-order valence-electron chi connectivity index (χ3n) is 6.12. The van der Waals surface area contributed by atoms with Crippen molar-refractivity contribution in [2.45, 2.75) is 26.1 Å². The number of hydrogen-bond donors (Lipinski definition) is 2. The van der Waals surface area contributed by atoms with Crippen molar-refractivity contribution >= 4 is 35.3 Å². The molecule has 1 amide bonds. The number of alkyl halides is 3. The van der Waals surface area contributed by atoms with Gasteiger partial charge in [-0.15, -0.1) is 0 Å². The van der Waals surface area contributed by atoms with Crippen LogP contribution < -0.4 is 15.5 Å². The van der Waals surface area contributed by atoms with E-state index in [2.05, 4.69) is 30.6 Å². The van der Waals surface area contributed by atoms with E-state index in [1.54, 1.807) is 47.8 Å². The van der Waals surface area contributed by atoms with Gasteiger partial charge in [-0.3, -0.25) is 14.8 Å². The predicted octanol–water partition coefficient (Wildman–Crippen LogP) is 6.10. The lowest BCUT2D eigenvalue weighted by Gasteiger charge is -2.19. The molecule has 2 aromatic carbocycles. The van der Waals surface area contributed by atoms with Crippen molar-refractivity contribution in [1.29, 1.82) is 0 Å². The lowest BCUT2D eigenvalue weighted by molar-refractivity contribution is -0.137. The molecule has 1 aliphatic heterocycles. The van der Waals surface area contributed by atoms with Crippen molar-refractivity contribution in [2.24, 2.45) is 4.99 Å². The van der Waals surface area contributed by atoms with E-state index in [0.717, 1.165) is 23.3 Å². The normalized spacial score (nSPS) is 14.9. The first-order valence-corrected chi connectivity index (χ1v) is 12.1. The first-order chi connectivity index (χ1) is 18.7. The van der Waals surface area contributed by atoms with Gasteiger partial charge < -0.3 is 15.5 Å². The fraction of sp³-hybridized carbons (Fsp3) is 0.179. The van der Waals surface area contributed by atoms with E-state index in [9.17, 15) is 18.0 Å². The number of rotatable bonds is 6. The van der Waals surface area contributed by atoms with Crippen LogP contribution in [0.3, 0.4) is 0 Å². The molecule has 0 radical (unpaired) electrons. The van der Waals surface area contributed by atoms with E-state index in [-0.39, 0.29) is 17.3 Å². The molecule has 1 unspecified atom stereocenters. The largest absolute Gasteiger partial charge is 0.416 e. The van der Waals surface area contributed by atoms with Gasteiger partial charge in [0.25, 0.3) is 5.91 Å². The summed E-state index contributed by atoms with van der Waals surface area (Å²) in [7, 11) is 0. The smallest absolute Gasteiger partial charge is 0.331 e. The number of nitrogens with one attached hydrogen (secondary N) is 2. The Morgan fingerprint density at radius 1 is 1.08 bits per heavy atom. The number of pyridine rings is 1. The minimum Gasteiger partial charge on any atom is -0.331 e. The monoisotopic (exact) mass is 531 g/mol. The summed E-state index contributed by atoms with van der Waals surface area (Å²) in [6, 6.07) is 13.8. The third-order valence-corrected chi connectivity index (χ3v) is 6.12. The van der Waals surface area contributed by atoms with Gasteiger partial charge in [-0.25, -0.2) is 9.97 Å². The zero-order chi connectivity index (χ0) is 27.6. The van der Waals surface area contributed by atoms with Crippen LogP contribution in [0.15, 0.2) is 78.2 Å². The number of carbonyl (C=O) groups excluding carboxylic acids is 1. The molecule has 5 rings (SSSR count). The Bertz CT molecular complexity index is 1540. The van der Waals surface area contributed by atoms with Crippen molar-refractivity contribution in [3.05, 3.63) is 89.9 Å². The molecule has 2 N–H and O–H groups in total. The first kappa shape index (κ1) is 25.8. The summed E-state index contributed by atoms with van der Waals surface area (Å²) in [5.41, 5.74) is 2.61. The average Bonchev–Trinajstić information content (AvgIpc) is 3.36. The summed E-state index contributed by atoms with van der Waals surface area (Å²) < 4.78 is 40.9. The molecule has 1 atom stereocenters. The Balaban J connectivity index is 1.39. The molecule has 3 heterocycles. The van der Waals surface area contributed by atoms with E-state index in [0.29, 0.717) is 29.6 Å². The van der Waals surface area contributed by atoms with Gasteiger partial charge in [-0.2, -0.15) is 13.2 Å². The molecule has 0 saturated carbocycles. The molecule has 198 valence electrons. The highest BCUT2D eigenvalue weighted by molar-refractivity contribution is 6.05. The minimum absolute atomic E-state index is 0.0281. The number of hydrogen-bond acceptors (Lipinski definition) is 7. The van der Waals surface area contributed by atoms with E-state index >= 15 is 0 Å². The molecule has 0 fully saturated rings. The molecular weight excluding hydrogens is 507 g/mol. The summed E-state index contributed by atoms with van der Waals surface area (Å²) >= 11 is 0. The van der Waals surface area contributed by atoms with Crippen LogP contribution in [-0.2, 0) is 6.18 Å². The number of aliphatic imine (C=N–C) groups is 1. The maximum Gasteiger partial charge on any atom is 0.416 e. The Morgan fingerprint density at radius 3 is 2.64 bits per heavy atom. The minimum atomic E-state index is -4.58. The molecule has 39 heavy (non-hydrogen) atoms. The number of carbonyl (C=O) groups is 1. The van der Waals surface area contributed by atoms with Crippen LogP contribution in [0.2, 0.25) is 0 Å². The summed E-state index contributed by atoms with van der Waals surface area (Å²) in [5.74, 6) is -0.238. The van der Waals surface area contributed by atoms with Gasteiger partial charge in [-0.05, 0) is 67.9 Å². The number of benzene rings is 2. The van der Waals surface area contributed by atoms with E-state index in [1.807, 2.05) is 26.0 Å². The van der Waals surface area contributed by atoms with Crippen LogP contribution in [-0.4, -0.2) is 39.8 Å². The van der Waals surface area contributed by atoms with Crippen molar-refractivity contribution < 1.29 is 18.0 Å². The molecule has 0 saturated heterocycles. The molecule has 0 spiro atoms. The molecule has 8 nitrogen and oxygen atoms in total. The summed E-state index contributed by atoms with van der Waals surface area (Å²) in [4.78, 5) is 31.8. The fourth-order valence-corrected chi connectivity index (χ4v) is 4.07. The van der Waals surface area contributed by atoms with Crippen LogP contribution in [0.4, 0.5) is 36.2 Å². The van der Waals surface area contributed by atoms with Crippen LogP contribution in [0.5, 0.6) is 0 Å². The van der Waals surface area contributed by atoms with Crippen LogP contribution in [0.25, 0.3) is 11.3 Å².